The van der Waals surface area contributed by atoms with Crippen LogP contribution in [-0.4, -0.2) is 51.3 Å². The summed E-state index contributed by atoms with van der Waals surface area (Å²) in [4.78, 5) is 47.1. The SMILES string of the molecule is O=c1[nH]c(=O)n([C@@H]2O[C@H](COP(=O)([O-])[O-])[C@@H](O)[C@H]2O)c2c1=CCOC=2.[NH4+].[NH4+]. The minimum Gasteiger partial charge on any atom is -0.790 e. The molecule has 0 aliphatic carbocycles. The number of quaternary nitrogens is 2. The normalized spacial score (nSPS) is 26.5. The first kappa shape index (κ1) is 23.2. The van der Waals surface area contributed by atoms with Crippen LogP contribution in [0.5, 0.6) is 0 Å². The molecule has 15 heteroatoms. The highest BCUT2D eigenvalue weighted by molar-refractivity contribution is 7.43. The molecule has 2 aliphatic rings. The molecule has 4 atom stereocenters. The Kier molecular flexibility index (Phi) is 7.24. The largest absolute Gasteiger partial charge is 0.790 e. The number of hydrogen-bond acceptors (Lipinski definition) is 10. The number of rotatable bonds is 4. The summed E-state index contributed by atoms with van der Waals surface area (Å²) < 4.78 is 25.8. The van der Waals surface area contributed by atoms with E-state index in [0.29, 0.717) is 0 Å². The number of hydrogen-bond donors (Lipinski definition) is 5. The van der Waals surface area contributed by atoms with E-state index in [2.05, 4.69) is 4.52 Å². The average Bonchev–Trinajstić information content (AvgIpc) is 2.81. The fourth-order valence-electron chi connectivity index (χ4n) is 2.65. The van der Waals surface area contributed by atoms with Crippen molar-refractivity contribution in [2.45, 2.75) is 24.5 Å². The van der Waals surface area contributed by atoms with Crippen LogP contribution in [-0.2, 0) is 18.6 Å². The van der Waals surface area contributed by atoms with E-state index in [-0.39, 0.29) is 29.5 Å². The van der Waals surface area contributed by atoms with Gasteiger partial charge in [0.1, 0.15) is 31.2 Å². The fourth-order valence-corrected chi connectivity index (χ4v) is 2.98. The smallest absolute Gasteiger partial charge is 0.331 e. The summed E-state index contributed by atoms with van der Waals surface area (Å²) in [6, 6.07) is 0. The summed E-state index contributed by atoms with van der Waals surface area (Å²) in [7, 11) is -5.31. The van der Waals surface area contributed by atoms with Gasteiger partial charge in [-0.15, -0.1) is 0 Å². The summed E-state index contributed by atoms with van der Waals surface area (Å²) >= 11 is 0. The standard InChI is InChI=1S/C12H15N2O10P.2H3N/c15-8-7(4-23-25(19,20)21)24-11(9(8)16)14-6-3-22-2-1-5(6)10(17)13-12(14)18;;/h1,3,7-9,11,15-16H,2,4H2,(H,13,17,18)(H2,19,20,21);2*1H3/t7-,8-,9-,11-;;/m1../s1. The van der Waals surface area contributed by atoms with Crippen LogP contribution in [0.15, 0.2) is 9.59 Å². The quantitative estimate of drug-likeness (QED) is 0.295. The average molecular weight is 412 g/mol. The lowest BCUT2D eigenvalue weighted by atomic mass is 10.1. The summed E-state index contributed by atoms with van der Waals surface area (Å²) in [5.41, 5.74) is -1.60. The van der Waals surface area contributed by atoms with Crippen LogP contribution < -0.4 is 43.9 Å². The van der Waals surface area contributed by atoms with E-state index in [1.165, 1.54) is 6.08 Å². The Morgan fingerprint density at radius 3 is 2.59 bits per heavy atom. The molecule has 0 bridgehead atoms. The molecule has 1 aromatic heterocycles. The predicted molar refractivity (Wildman–Crippen MR) is 86.9 cm³/mol. The van der Waals surface area contributed by atoms with Crippen LogP contribution in [0.25, 0.3) is 12.3 Å². The molecule has 3 heterocycles. The predicted octanol–water partition coefficient (Wildman–Crippen LogP) is -4.70. The number of aromatic amines is 1. The lowest BCUT2D eigenvalue weighted by molar-refractivity contribution is -0.343. The molecule has 1 aromatic rings. The number of H-pyrrole nitrogens is 1. The molecule has 1 fully saturated rings. The number of phosphoric acid groups is 1. The molecule has 0 aromatic carbocycles. The van der Waals surface area contributed by atoms with E-state index < -0.39 is 50.2 Å². The summed E-state index contributed by atoms with van der Waals surface area (Å²) in [6.45, 7) is -0.741. The molecular formula is C12H21N4O10P. The number of nitrogens with zero attached hydrogens (tertiary/aromatic N) is 1. The third kappa shape index (κ3) is 4.52. The van der Waals surface area contributed by atoms with Gasteiger partial charge in [0.2, 0.25) is 0 Å². The monoisotopic (exact) mass is 412 g/mol. The van der Waals surface area contributed by atoms with Crippen molar-refractivity contribution < 1.29 is 38.6 Å². The highest BCUT2D eigenvalue weighted by atomic mass is 31.2. The van der Waals surface area contributed by atoms with Crippen molar-refractivity contribution in [3.8, 4) is 0 Å². The number of aliphatic hydroxyl groups excluding tert-OH is 2. The van der Waals surface area contributed by atoms with Crippen LogP contribution >= 0.6 is 7.82 Å². The van der Waals surface area contributed by atoms with E-state index in [0.717, 1.165) is 10.8 Å². The topological polar surface area (TPSA) is 259 Å². The van der Waals surface area contributed by atoms with Gasteiger partial charge in [0.05, 0.1) is 25.0 Å². The number of aliphatic hydroxyl groups is 2. The summed E-state index contributed by atoms with van der Waals surface area (Å²) in [5, 5.41) is 20.2. The molecule has 14 nitrogen and oxygen atoms in total. The van der Waals surface area contributed by atoms with E-state index in [4.69, 9.17) is 9.47 Å². The third-order valence-corrected chi connectivity index (χ3v) is 4.25. The molecule has 0 unspecified atom stereocenters. The van der Waals surface area contributed by atoms with Crippen molar-refractivity contribution in [1.29, 1.82) is 0 Å². The first-order valence-corrected chi connectivity index (χ1v) is 8.50. The maximum absolute atomic E-state index is 12.1. The van der Waals surface area contributed by atoms with E-state index in [1.807, 2.05) is 4.98 Å². The van der Waals surface area contributed by atoms with Gasteiger partial charge in [-0.05, 0) is 6.08 Å². The maximum atomic E-state index is 12.1. The van der Waals surface area contributed by atoms with Gasteiger partial charge in [-0.2, -0.15) is 0 Å². The van der Waals surface area contributed by atoms with Crippen molar-refractivity contribution in [2.24, 2.45) is 0 Å². The van der Waals surface area contributed by atoms with Gasteiger partial charge >= 0.3 is 5.69 Å². The highest BCUT2D eigenvalue weighted by Crippen LogP contribution is 2.31. The lowest BCUT2D eigenvalue weighted by Crippen LogP contribution is -2.57. The maximum Gasteiger partial charge on any atom is 0.331 e. The van der Waals surface area contributed by atoms with Gasteiger partial charge in [-0.25, -0.2) is 4.79 Å². The number of aromatic nitrogens is 2. The van der Waals surface area contributed by atoms with Gasteiger partial charge in [0, 0.05) is 0 Å². The Labute approximate surface area is 150 Å². The lowest BCUT2D eigenvalue weighted by Gasteiger charge is -2.30. The Hall–Kier alpha value is -1.87. The molecule has 0 amide bonds. The fraction of sp³-hybridized carbons (Fsp3) is 0.500. The van der Waals surface area contributed by atoms with Crippen LogP contribution in [0.1, 0.15) is 6.23 Å². The van der Waals surface area contributed by atoms with Crippen molar-refractivity contribution in [3.63, 3.8) is 0 Å². The molecule has 0 saturated carbocycles. The van der Waals surface area contributed by atoms with E-state index in [1.54, 1.807) is 0 Å². The Morgan fingerprint density at radius 2 is 1.96 bits per heavy atom. The number of fused-ring (bicyclic) bond motifs is 1. The Balaban J connectivity index is 0.00000182. The van der Waals surface area contributed by atoms with E-state index >= 15 is 0 Å². The zero-order valence-electron chi connectivity index (χ0n) is 14.4. The minimum atomic E-state index is -5.31. The molecule has 154 valence electrons. The zero-order chi connectivity index (χ0) is 18.4. The van der Waals surface area contributed by atoms with Gasteiger partial charge in [0.15, 0.2) is 6.23 Å². The van der Waals surface area contributed by atoms with Crippen LogP contribution in [0.4, 0.5) is 0 Å². The van der Waals surface area contributed by atoms with Gasteiger partial charge < -0.3 is 50.9 Å². The number of ether oxygens (including phenoxy) is 2. The van der Waals surface area contributed by atoms with Crippen LogP contribution in [0, 0.1) is 0 Å². The van der Waals surface area contributed by atoms with Crippen LogP contribution in [0.2, 0.25) is 0 Å². The molecule has 27 heavy (non-hydrogen) atoms. The molecule has 1 saturated heterocycles. The number of nitrogens with one attached hydrogen (secondary N) is 1. The molecule has 0 spiro atoms. The Morgan fingerprint density at radius 1 is 1.30 bits per heavy atom. The van der Waals surface area contributed by atoms with Gasteiger partial charge in [-0.1, -0.05) is 0 Å². The van der Waals surface area contributed by atoms with Crippen LogP contribution in [0.3, 0.4) is 0 Å². The first-order chi connectivity index (χ1) is 11.7. The Bertz CT molecular complexity index is 952. The molecule has 11 N–H and O–H groups in total. The van der Waals surface area contributed by atoms with Crippen molar-refractivity contribution in [1.82, 2.24) is 21.9 Å². The van der Waals surface area contributed by atoms with Gasteiger partial charge in [-0.3, -0.25) is 14.3 Å². The summed E-state index contributed by atoms with van der Waals surface area (Å²) in [6.07, 6.45) is -3.62. The van der Waals surface area contributed by atoms with Gasteiger partial charge in [0.25, 0.3) is 5.56 Å². The molecule has 2 aliphatic heterocycles. The molecule has 0 radical (unpaired) electrons. The van der Waals surface area contributed by atoms with Crippen molar-refractivity contribution >= 4 is 20.2 Å². The zero-order valence-corrected chi connectivity index (χ0v) is 15.3. The first-order valence-electron chi connectivity index (χ1n) is 7.04. The van der Waals surface area contributed by atoms with Crippen molar-refractivity contribution in [3.05, 3.63) is 31.4 Å². The third-order valence-electron chi connectivity index (χ3n) is 3.79. The van der Waals surface area contributed by atoms with Crippen molar-refractivity contribution in [2.75, 3.05) is 13.2 Å². The van der Waals surface area contributed by atoms with E-state index in [9.17, 15) is 34.2 Å². The highest BCUT2D eigenvalue weighted by Gasteiger charge is 2.44. The minimum absolute atomic E-state index is 0. The summed E-state index contributed by atoms with van der Waals surface area (Å²) in [5.74, 6) is 0. The second-order valence-corrected chi connectivity index (χ2v) is 6.53. The molecular weight excluding hydrogens is 391 g/mol. The number of phosphoric ester groups is 1. The second kappa shape index (κ2) is 8.43. The molecule has 3 rings (SSSR count). The second-order valence-electron chi connectivity index (χ2n) is 5.37.